The zero-order valence-corrected chi connectivity index (χ0v) is 16.1. The number of carbonyl (C=O) groups is 1. The van der Waals surface area contributed by atoms with Gasteiger partial charge in [0.1, 0.15) is 12.4 Å². The Labute approximate surface area is 159 Å². The highest BCUT2D eigenvalue weighted by molar-refractivity contribution is 7.80. The molecule has 0 saturated heterocycles. The molecule has 26 heavy (non-hydrogen) atoms. The second kappa shape index (κ2) is 9.89. The average molecular weight is 372 g/mol. The minimum absolute atomic E-state index is 0.263. The van der Waals surface area contributed by atoms with Crippen molar-refractivity contribution in [2.24, 2.45) is 0 Å². The van der Waals surface area contributed by atoms with Crippen LogP contribution >= 0.6 is 12.2 Å². The molecule has 0 aliphatic rings. The molecule has 1 amide bonds. The van der Waals surface area contributed by atoms with Gasteiger partial charge in [-0.25, -0.2) is 0 Å². The molecule has 0 radical (unpaired) electrons. The predicted octanol–water partition coefficient (Wildman–Crippen LogP) is 3.85. The third-order valence-corrected chi connectivity index (χ3v) is 3.88. The molecule has 138 valence electrons. The van der Waals surface area contributed by atoms with Gasteiger partial charge >= 0.3 is 0 Å². The van der Waals surface area contributed by atoms with Crippen LogP contribution in [0.4, 0.5) is 5.69 Å². The summed E-state index contributed by atoms with van der Waals surface area (Å²) in [4.78, 5) is 12.3. The third-order valence-electron chi connectivity index (χ3n) is 3.67. The molecule has 0 spiro atoms. The van der Waals surface area contributed by atoms with Gasteiger partial charge in [0.25, 0.3) is 5.91 Å². The van der Waals surface area contributed by atoms with Gasteiger partial charge in [-0.1, -0.05) is 17.7 Å². The number of ether oxygens (including phenoxy) is 2. The normalized spacial score (nSPS) is 10.3. The van der Waals surface area contributed by atoms with Crippen molar-refractivity contribution in [3.63, 3.8) is 0 Å². The minimum Gasteiger partial charge on any atom is -0.491 e. The van der Waals surface area contributed by atoms with Crippen LogP contribution in [0.3, 0.4) is 0 Å². The average Bonchev–Trinajstić information content (AvgIpc) is 2.61. The molecular weight excluding hydrogens is 348 g/mol. The fourth-order valence-corrected chi connectivity index (χ4v) is 2.55. The van der Waals surface area contributed by atoms with Crippen molar-refractivity contribution < 1.29 is 14.3 Å². The third kappa shape index (κ3) is 6.13. The Hall–Kier alpha value is -2.44. The Morgan fingerprint density at radius 1 is 1.08 bits per heavy atom. The maximum Gasteiger partial charge on any atom is 0.257 e. The highest BCUT2D eigenvalue weighted by Crippen LogP contribution is 2.16. The van der Waals surface area contributed by atoms with Gasteiger partial charge < -0.3 is 14.8 Å². The van der Waals surface area contributed by atoms with E-state index in [0.717, 1.165) is 11.3 Å². The fraction of sp³-hybridized carbons (Fsp3) is 0.300. The highest BCUT2D eigenvalue weighted by Gasteiger charge is 2.09. The van der Waals surface area contributed by atoms with Crippen molar-refractivity contribution in [1.82, 2.24) is 5.32 Å². The minimum atomic E-state index is -0.270. The van der Waals surface area contributed by atoms with Crippen LogP contribution in [-0.4, -0.2) is 30.8 Å². The number of benzene rings is 2. The van der Waals surface area contributed by atoms with Crippen molar-refractivity contribution in [1.29, 1.82) is 0 Å². The lowest BCUT2D eigenvalue weighted by Crippen LogP contribution is -2.34. The van der Waals surface area contributed by atoms with Gasteiger partial charge in [0.2, 0.25) is 0 Å². The summed E-state index contributed by atoms with van der Waals surface area (Å²) in [5.41, 5.74) is 3.62. The van der Waals surface area contributed by atoms with E-state index in [9.17, 15) is 4.79 Å². The Bertz CT molecular complexity index is 760. The quantitative estimate of drug-likeness (QED) is 0.571. The van der Waals surface area contributed by atoms with Crippen molar-refractivity contribution in [3.05, 3.63) is 59.2 Å². The van der Waals surface area contributed by atoms with Gasteiger partial charge in [-0.3, -0.25) is 10.1 Å². The highest BCUT2D eigenvalue weighted by atomic mass is 32.1. The molecule has 2 aromatic carbocycles. The van der Waals surface area contributed by atoms with E-state index in [1.165, 1.54) is 5.56 Å². The molecule has 0 unspecified atom stereocenters. The lowest BCUT2D eigenvalue weighted by Gasteiger charge is -2.12. The number of carbonyl (C=O) groups excluding carboxylic acids is 1. The predicted molar refractivity (Wildman–Crippen MR) is 108 cm³/mol. The number of thiocarbonyl (C=S) groups is 1. The number of hydrogen-bond donors (Lipinski definition) is 2. The maximum atomic E-state index is 12.3. The summed E-state index contributed by atoms with van der Waals surface area (Å²) in [5, 5.41) is 6.00. The zero-order valence-electron chi connectivity index (χ0n) is 15.3. The van der Waals surface area contributed by atoms with Crippen LogP contribution < -0.4 is 15.4 Å². The van der Waals surface area contributed by atoms with Gasteiger partial charge in [-0.15, -0.1) is 0 Å². The van der Waals surface area contributed by atoms with Crippen LogP contribution in [0.1, 0.15) is 28.4 Å². The molecule has 0 bridgehead atoms. The first-order valence-electron chi connectivity index (χ1n) is 8.49. The van der Waals surface area contributed by atoms with E-state index in [-0.39, 0.29) is 11.0 Å². The largest absolute Gasteiger partial charge is 0.491 e. The first-order valence-corrected chi connectivity index (χ1v) is 8.90. The van der Waals surface area contributed by atoms with Crippen molar-refractivity contribution >= 4 is 28.9 Å². The number of hydrogen-bond acceptors (Lipinski definition) is 4. The van der Waals surface area contributed by atoms with Crippen LogP contribution in [0.2, 0.25) is 0 Å². The Balaban J connectivity index is 1.87. The number of aryl methyl sites for hydroxylation is 2. The molecule has 2 rings (SSSR count). The van der Waals surface area contributed by atoms with Crippen LogP contribution in [-0.2, 0) is 4.74 Å². The topological polar surface area (TPSA) is 59.6 Å². The van der Waals surface area contributed by atoms with Crippen LogP contribution in [0.5, 0.6) is 5.75 Å². The summed E-state index contributed by atoms with van der Waals surface area (Å²) in [7, 11) is 0. The van der Waals surface area contributed by atoms with Crippen molar-refractivity contribution in [2.75, 3.05) is 25.1 Å². The molecule has 0 aromatic heterocycles. The molecular formula is C20H24N2O3S. The first kappa shape index (κ1) is 19.9. The number of nitrogens with one attached hydrogen (secondary N) is 2. The van der Waals surface area contributed by atoms with E-state index in [4.69, 9.17) is 21.7 Å². The summed E-state index contributed by atoms with van der Waals surface area (Å²) in [6.07, 6.45) is 0. The van der Waals surface area contributed by atoms with Crippen molar-refractivity contribution in [2.45, 2.75) is 20.8 Å². The van der Waals surface area contributed by atoms with E-state index < -0.39 is 0 Å². The van der Waals surface area contributed by atoms with Crippen LogP contribution in [0.25, 0.3) is 0 Å². The standard InChI is InChI=1S/C20H24N2O3S/c1-4-24-11-12-25-17-8-6-16(7-9-17)19(23)22-20(26)21-18-10-5-14(2)13-15(18)3/h5-10,13H,4,11-12H2,1-3H3,(H2,21,22,23,26). The monoisotopic (exact) mass is 372 g/mol. The second-order valence-electron chi connectivity index (χ2n) is 5.80. The molecule has 2 aromatic rings. The molecule has 2 N–H and O–H groups in total. The van der Waals surface area contributed by atoms with E-state index >= 15 is 0 Å². The summed E-state index contributed by atoms with van der Waals surface area (Å²) in [6.45, 7) is 7.64. The number of amides is 1. The summed E-state index contributed by atoms with van der Waals surface area (Å²) in [5.74, 6) is 0.422. The molecule has 0 saturated carbocycles. The Morgan fingerprint density at radius 2 is 1.81 bits per heavy atom. The second-order valence-corrected chi connectivity index (χ2v) is 6.20. The number of anilines is 1. The van der Waals surface area contributed by atoms with E-state index in [1.807, 2.05) is 32.9 Å². The fourth-order valence-electron chi connectivity index (χ4n) is 2.35. The lowest BCUT2D eigenvalue weighted by molar-refractivity contribution is 0.0977. The molecule has 0 heterocycles. The van der Waals surface area contributed by atoms with Crippen molar-refractivity contribution in [3.8, 4) is 5.75 Å². The van der Waals surface area contributed by atoms with Gasteiger partial charge in [0.15, 0.2) is 5.11 Å². The lowest BCUT2D eigenvalue weighted by atomic mass is 10.1. The molecule has 6 heteroatoms. The smallest absolute Gasteiger partial charge is 0.257 e. The molecule has 0 aliphatic carbocycles. The molecule has 0 fully saturated rings. The zero-order chi connectivity index (χ0) is 18.9. The van der Waals surface area contributed by atoms with Gasteiger partial charge in [-0.05, 0) is 68.9 Å². The molecule has 0 atom stereocenters. The first-order chi connectivity index (χ1) is 12.5. The van der Waals surface area contributed by atoms with E-state index in [1.54, 1.807) is 24.3 Å². The van der Waals surface area contributed by atoms with Crippen LogP contribution in [0, 0.1) is 13.8 Å². The SMILES string of the molecule is CCOCCOc1ccc(C(=O)NC(=S)Nc2ccc(C)cc2C)cc1. The summed E-state index contributed by atoms with van der Waals surface area (Å²) in [6, 6.07) is 12.9. The van der Waals surface area contributed by atoms with Gasteiger partial charge in [0.05, 0.1) is 6.61 Å². The molecule has 5 nitrogen and oxygen atoms in total. The Morgan fingerprint density at radius 3 is 2.46 bits per heavy atom. The van der Waals surface area contributed by atoms with E-state index in [2.05, 4.69) is 16.7 Å². The number of rotatable bonds is 7. The summed E-state index contributed by atoms with van der Waals surface area (Å²) >= 11 is 5.23. The van der Waals surface area contributed by atoms with Gasteiger partial charge in [-0.2, -0.15) is 0 Å². The summed E-state index contributed by atoms with van der Waals surface area (Å²) < 4.78 is 10.7. The maximum absolute atomic E-state index is 12.3. The van der Waals surface area contributed by atoms with Crippen LogP contribution in [0.15, 0.2) is 42.5 Å². The Kier molecular flexibility index (Phi) is 7.56. The van der Waals surface area contributed by atoms with E-state index in [0.29, 0.717) is 31.1 Å². The molecule has 0 aliphatic heterocycles. The van der Waals surface area contributed by atoms with Gasteiger partial charge in [0, 0.05) is 17.9 Å².